The molecular formula is C23H22ClNO6S2. The lowest BCUT2D eigenvalue weighted by Crippen LogP contribution is -2.63. The lowest BCUT2D eigenvalue weighted by molar-refractivity contribution is -0.368. The molecule has 2 aromatic heterocycles. The second-order valence-corrected chi connectivity index (χ2v) is 11.2. The van der Waals surface area contributed by atoms with Gasteiger partial charge >= 0.3 is 0 Å². The molecule has 10 heteroatoms. The van der Waals surface area contributed by atoms with Crippen molar-refractivity contribution in [1.82, 2.24) is 4.98 Å². The Labute approximate surface area is 202 Å². The predicted molar refractivity (Wildman–Crippen MR) is 123 cm³/mol. The zero-order chi connectivity index (χ0) is 23.0. The topological polar surface area (TPSA) is 112 Å². The summed E-state index contributed by atoms with van der Waals surface area (Å²) in [4.78, 5) is 7.01. The van der Waals surface area contributed by atoms with Crippen molar-refractivity contribution in [3.8, 4) is 9.75 Å². The smallest absolute Gasteiger partial charge is 0.225 e. The number of aliphatic hydroxyl groups excluding tert-OH is 4. The first kappa shape index (κ1) is 22.1. The fourth-order valence-corrected chi connectivity index (χ4v) is 7.29. The van der Waals surface area contributed by atoms with Crippen LogP contribution in [0.15, 0.2) is 35.8 Å². The first-order valence-electron chi connectivity index (χ1n) is 10.7. The van der Waals surface area contributed by atoms with Crippen LogP contribution in [0.25, 0.3) is 9.75 Å². The van der Waals surface area contributed by atoms with Crippen LogP contribution in [0.4, 0.5) is 0 Å². The van der Waals surface area contributed by atoms with Crippen LogP contribution >= 0.6 is 34.3 Å². The number of halogens is 1. The number of rotatable bonds is 4. The zero-order valence-electron chi connectivity index (χ0n) is 17.3. The van der Waals surface area contributed by atoms with Gasteiger partial charge < -0.3 is 29.9 Å². The zero-order valence-corrected chi connectivity index (χ0v) is 19.7. The number of aromatic nitrogens is 1. The summed E-state index contributed by atoms with van der Waals surface area (Å²) >= 11 is 10.1. The van der Waals surface area contributed by atoms with Crippen LogP contribution in [-0.2, 0) is 27.3 Å². The van der Waals surface area contributed by atoms with Crippen LogP contribution in [0.1, 0.15) is 34.5 Å². The van der Waals surface area contributed by atoms with Gasteiger partial charge in [0.15, 0.2) is 0 Å². The molecule has 5 unspecified atom stereocenters. The number of hydrogen-bond acceptors (Lipinski definition) is 9. The molecule has 33 heavy (non-hydrogen) atoms. The van der Waals surface area contributed by atoms with E-state index in [1.54, 1.807) is 22.7 Å². The third kappa shape index (κ3) is 3.19. The second-order valence-electron chi connectivity index (χ2n) is 8.80. The molecule has 3 aromatic rings. The third-order valence-electron chi connectivity index (χ3n) is 6.91. The quantitative estimate of drug-likeness (QED) is 0.429. The van der Waals surface area contributed by atoms with E-state index in [1.165, 1.54) is 4.88 Å². The maximum absolute atomic E-state index is 10.9. The van der Waals surface area contributed by atoms with Crippen LogP contribution in [0.2, 0.25) is 5.02 Å². The molecule has 5 atom stereocenters. The largest absolute Gasteiger partial charge is 0.394 e. The lowest BCUT2D eigenvalue weighted by Gasteiger charge is -2.46. The Balaban J connectivity index is 1.43. The Kier molecular flexibility index (Phi) is 5.23. The van der Waals surface area contributed by atoms with Crippen molar-refractivity contribution in [2.24, 2.45) is 0 Å². The van der Waals surface area contributed by atoms with Crippen LogP contribution < -0.4 is 0 Å². The van der Waals surface area contributed by atoms with E-state index in [4.69, 9.17) is 26.1 Å². The highest BCUT2D eigenvalue weighted by molar-refractivity contribution is 7.21. The minimum atomic E-state index is -1.69. The normalized spacial score (nSPS) is 32.3. The van der Waals surface area contributed by atoms with Gasteiger partial charge in [-0.15, -0.1) is 22.7 Å². The molecule has 7 nitrogen and oxygen atoms in total. The van der Waals surface area contributed by atoms with E-state index in [2.05, 4.69) is 6.07 Å². The molecule has 1 aromatic carbocycles. The number of nitrogens with zero attached hydrogens (tertiary/aromatic N) is 1. The van der Waals surface area contributed by atoms with Gasteiger partial charge in [0.2, 0.25) is 5.79 Å². The molecule has 174 valence electrons. The highest BCUT2D eigenvalue weighted by Gasteiger charge is 2.59. The van der Waals surface area contributed by atoms with Gasteiger partial charge in [-0.1, -0.05) is 17.7 Å². The van der Waals surface area contributed by atoms with Crippen molar-refractivity contribution < 1.29 is 29.9 Å². The van der Waals surface area contributed by atoms with Crippen LogP contribution in [0.5, 0.6) is 0 Å². The Hall–Kier alpha value is -1.40. The average molecular weight is 508 g/mol. The van der Waals surface area contributed by atoms with E-state index in [9.17, 15) is 20.4 Å². The van der Waals surface area contributed by atoms with Crippen molar-refractivity contribution >= 4 is 34.3 Å². The molecule has 1 saturated carbocycles. The standard InChI is InChI=1S/C23H22ClNO6S2/c24-14-6-11-10-30-23(20(29)19(28)18(27)15(9-26)31-23)12(11)7-13(14)22(3-4-22)21-25-8-17(33-21)16-2-1-5-32-16/h1-2,5-8,15,18-20,26-29H,3-4,9-10H2. The fraction of sp³-hybridized carbons (Fsp3) is 0.435. The molecule has 0 radical (unpaired) electrons. The summed E-state index contributed by atoms with van der Waals surface area (Å²) in [7, 11) is 0. The van der Waals surface area contributed by atoms with Gasteiger partial charge in [0.05, 0.1) is 18.1 Å². The van der Waals surface area contributed by atoms with Gasteiger partial charge in [-0.3, -0.25) is 0 Å². The third-order valence-corrected chi connectivity index (χ3v) is 9.48. The minimum Gasteiger partial charge on any atom is -0.394 e. The number of fused-ring (bicyclic) bond motifs is 2. The number of thiophene rings is 1. The SMILES string of the molecule is OCC1OC2(OCc3cc(Cl)c(C4(c5ncc(-c6cccs6)s5)CC4)cc32)C(O)C(O)C1O. The maximum Gasteiger partial charge on any atom is 0.225 e. The molecule has 1 saturated heterocycles. The summed E-state index contributed by atoms with van der Waals surface area (Å²) in [6.45, 7) is -0.402. The Morgan fingerprint density at radius 2 is 1.94 bits per heavy atom. The van der Waals surface area contributed by atoms with E-state index in [0.717, 1.165) is 33.9 Å². The van der Waals surface area contributed by atoms with Crippen LogP contribution in [0, 0.1) is 0 Å². The van der Waals surface area contributed by atoms with Crippen molar-refractivity contribution in [1.29, 1.82) is 0 Å². The van der Waals surface area contributed by atoms with Crippen LogP contribution in [0.3, 0.4) is 0 Å². The highest BCUT2D eigenvalue weighted by Crippen LogP contribution is 2.58. The van der Waals surface area contributed by atoms with Crippen molar-refractivity contribution in [2.45, 2.75) is 55.1 Å². The molecule has 0 amide bonds. The molecule has 6 rings (SSSR count). The average Bonchev–Trinajstić information content (AvgIpc) is 3.19. The number of benzene rings is 1. The maximum atomic E-state index is 10.9. The Morgan fingerprint density at radius 3 is 2.64 bits per heavy atom. The Morgan fingerprint density at radius 1 is 1.12 bits per heavy atom. The van der Waals surface area contributed by atoms with E-state index in [1.807, 2.05) is 29.8 Å². The molecule has 1 aliphatic carbocycles. The summed E-state index contributed by atoms with van der Waals surface area (Å²) in [5, 5.41) is 44.8. The number of ether oxygens (including phenoxy) is 2. The Bertz CT molecular complexity index is 1190. The van der Waals surface area contributed by atoms with Crippen molar-refractivity contribution in [3.05, 3.63) is 62.6 Å². The van der Waals surface area contributed by atoms with E-state index in [-0.39, 0.29) is 12.0 Å². The number of aliphatic hydroxyl groups is 4. The van der Waals surface area contributed by atoms with E-state index < -0.39 is 36.8 Å². The summed E-state index contributed by atoms with van der Waals surface area (Å²) in [5.41, 5.74) is 1.83. The van der Waals surface area contributed by atoms with Crippen molar-refractivity contribution in [3.63, 3.8) is 0 Å². The first-order valence-corrected chi connectivity index (χ1v) is 12.8. The summed E-state index contributed by atoms with van der Waals surface area (Å²) < 4.78 is 11.8. The second kappa shape index (κ2) is 7.81. The molecule has 3 aliphatic rings. The summed E-state index contributed by atoms with van der Waals surface area (Å²) in [6.07, 6.45) is -1.93. The van der Waals surface area contributed by atoms with Gasteiger partial charge in [-0.25, -0.2) is 4.98 Å². The molecule has 4 heterocycles. The monoisotopic (exact) mass is 507 g/mol. The lowest BCUT2D eigenvalue weighted by atomic mass is 9.85. The van der Waals surface area contributed by atoms with E-state index >= 15 is 0 Å². The molecule has 1 spiro atoms. The van der Waals surface area contributed by atoms with E-state index in [0.29, 0.717) is 10.6 Å². The molecular weight excluding hydrogens is 486 g/mol. The highest BCUT2D eigenvalue weighted by atomic mass is 35.5. The van der Waals surface area contributed by atoms with Gasteiger partial charge in [-0.05, 0) is 47.5 Å². The van der Waals surface area contributed by atoms with Gasteiger partial charge in [0.25, 0.3) is 0 Å². The molecule has 0 bridgehead atoms. The first-order chi connectivity index (χ1) is 15.9. The number of hydrogen-bond donors (Lipinski definition) is 4. The van der Waals surface area contributed by atoms with Gasteiger partial charge in [0, 0.05) is 27.1 Å². The molecule has 2 aliphatic heterocycles. The number of thiazole rings is 1. The fourth-order valence-electron chi connectivity index (χ4n) is 4.92. The molecule has 4 N–H and O–H groups in total. The molecule has 2 fully saturated rings. The van der Waals surface area contributed by atoms with Crippen LogP contribution in [-0.4, -0.2) is 56.4 Å². The summed E-state index contributed by atoms with van der Waals surface area (Å²) in [5.74, 6) is -1.69. The van der Waals surface area contributed by atoms with Crippen molar-refractivity contribution in [2.75, 3.05) is 6.61 Å². The summed E-state index contributed by atoms with van der Waals surface area (Å²) in [6, 6.07) is 7.79. The predicted octanol–water partition coefficient (Wildman–Crippen LogP) is 2.76. The van der Waals surface area contributed by atoms with Gasteiger partial charge in [0.1, 0.15) is 29.4 Å². The van der Waals surface area contributed by atoms with Gasteiger partial charge in [-0.2, -0.15) is 0 Å². The minimum absolute atomic E-state index is 0.125.